The van der Waals surface area contributed by atoms with Gasteiger partial charge in [0.25, 0.3) is 0 Å². The molecule has 0 aromatic rings. The summed E-state index contributed by atoms with van der Waals surface area (Å²) in [5.74, 6) is 3.42. The lowest BCUT2D eigenvalue weighted by atomic mass is 9.95. The largest absolute Gasteiger partial charge is 0.303 e. The van der Waals surface area contributed by atoms with Gasteiger partial charge in [-0.15, -0.1) is 0 Å². The van der Waals surface area contributed by atoms with Crippen molar-refractivity contribution < 1.29 is 4.79 Å². The molecule has 0 aromatic heterocycles. The van der Waals surface area contributed by atoms with E-state index in [1.54, 1.807) is 0 Å². The van der Waals surface area contributed by atoms with Crippen LogP contribution in [0.4, 0.5) is 0 Å². The van der Waals surface area contributed by atoms with Gasteiger partial charge in [0.15, 0.2) is 0 Å². The summed E-state index contributed by atoms with van der Waals surface area (Å²) in [6.45, 7) is 0. The zero-order chi connectivity index (χ0) is 7.73. The molecule has 1 atom stereocenters. The second kappa shape index (κ2) is 2.81. The number of hydrogen-bond donors (Lipinski definition) is 0. The van der Waals surface area contributed by atoms with Gasteiger partial charge in [0.2, 0.25) is 0 Å². The number of aldehydes is 1. The summed E-state index contributed by atoms with van der Waals surface area (Å²) in [4.78, 5) is 10.3. The van der Waals surface area contributed by atoms with Crippen LogP contribution >= 0.6 is 11.8 Å². The molecule has 0 bridgehead atoms. The van der Waals surface area contributed by atoms with Gasteiger partial charge in [-0.25, -0.2) is 0 Å². The quantitative estimate of drug-likeness (QED) is 0.590. The first kappa shape index (κ1) is 7.66. The Morgan fingerprint density at radius 3 is 2.82 bits per heavy atom. The third kappa shape index (κ3) is 1.33. The fraction of sp³-hybridized carbons (Fsp3) is 0.889. The Morgan fingerprint density at radius 2 is 2.18 bits per heavy atom. The van der Waals surface area contributed by atoms with Gasteiger partial charge in [0, 0.05) is 6.42 Å². The van der Waals surface area contributed by atoms with Gasteiger partial charge in [0.05, 0.1) is 0 Å². The molecule has 1 heterocycles. The minimum absolute atomic E-state index is 0.645. The average molecular weight is 170 g/mol. The molecule has 1 nitrogen and oxygen atoms in total. The molecule has 1 unspecified atom stereocenters. The number of thioether (sulfide) groups is 1. The Labute approximate surface area is 71.9 Å². The third-order valence-corrected chi connectivity index (χ3v) is 4.21. The van der Waals surface area contributed by atoms with E-state index < -0.39 is 0 Å². The van der Waals surface area contributed by atoms with E-state index >= 15 is 0 Å². The topological polar surface area (TPSA) is 17.1 Å². The Balaban J connectivity index is 1.88. The lowest BCUT2D eigenvalue weighted by Gasteiger charge is -2.21. The first-order valence-electron chi connectivity index (χ1n) is 4.39. The minimum Gasteiger partial charge on any atom is -0.303 e. The summed E-state index contributed by atoms with van der Waals surface area (Å²) in [5, 5.41) is 0. The molecule has 1 aliphatic carbocycles. The molecule has 1 spiro atoms. The molecule has 2 aliphatic rings. The van der Waals surface area contributed by atoms with Gasteiger partial charge in [-0.2, -0.15) is 11.8 Å². The van der Waals surface area contributed by atoms with E-state index in [2.05, 4.69) is 11.8 Å². The Kier molecular flexibility index (Phi) is 1.96. The van der Waals surface area contributed by atoms with E-state index in [-0.39, 0.29) is 0 Å². The van der Waals surface area contributed by atoms with E-state index in [4.69, 9.17) is 0 Å². The molecule has 0 aromatic carbocycles. The molecule has 62 valence electrons. The fourth-order valence-corrected chi connectivity index (χ4v) is 3.58. The maximum absolute atomic E-state index is 10.3. The number of rotatable bonds is 2. The lowest BCUT2D eigenvalue weighted by molar-refractivity contribution is -0.108. The monoisotopic (exact) mass is 170 g/mol. The Bertz CT molecular complexity index is 161. The van der Waals surface area contributed by atoms with Gasteiger partial charge in [-0.1, -0.05) is 0 Å². The lowest BCUT2D eigenvalue weighted by Crippen LogP contribution is -2.12. The number of hydrogen-bond acceptors (Lipinski definition) is 2. The summed E-state index contributed by atoms with van der Waals surface area (Å²) in [6, 6.07) is 0. The minimum atomic E-state index is 0.645. The molecular weight excluding hydrogens is 156 g/mol. The molecule has 0 N–H and O–H groups in total. The molecule has 2 heteroatoms. The summed E-state index contributed by atoms with van der Waals surface area (Å²) < 4.78 is 0. The molecule has 1 saturated carbocycles. The number of carbonyl (C=O) groups excluding carboxylic acids is 1. The summed E-state index contributed by atoms with van der Waals surface area (Å²) in [5.41, 5.74) is 0.645. The highest BCUT2D eigenvalue weighted by Gasteiger charge is 2.52. The van der Waals surface area contributed by atoms with E-state index in [0.29, 0.717) is 5.41 Å². The van der Waals surface area contributed by atoms with Crippen molar-refractivity contribution >= 4 is 18.0 Å². The molecule has 11 heavy (non-hydrogen) atoms. The zero-order valence-corrected chi connectivity index (χ0v) is 7.53. The highest BCUT2D eigenvalue weighted by molar-refractivity contribution is 7.99. The highest BCUT2D eigenvalue weighted by atomic mass is 32.2. The fourth-order valence-electron chi connectivity index (χ4n) is 2.27. The normalized spacial score (nSPS) is 33.6. The summed E-state index contributed by atoms with van der Waals surface area (Å²) in [7, 11) is 0. The SMILES string of the molecule is O=CCC1CC12CCSCC2. The first-order valence-corrected chi connectivity index (χ1v) is 5.54. The first-order chi connectivity index (χ1) is 5.37. The van der Waals surface area contributed by atoms with Crippen LogP contribution < -0.4 is 0 Å². The predicted octanol–water partition coefficient (Wildman–Crippen LogP) is 2.11. The molecule has 2 rings (SSSR count). The van der Waals surface area contributed by atoms with Crippen LogP contribution in [0, 0.1) is 11.3 Å². The molecule has 1 saturated heterocycles. The van der Waals surface area contributed by atoms with Crippen LogP contribution in [0.5, 0.6) is 0 Å². The average Bonchev–Trinajstić information content (AvgIpc) is 2.66. The van der Waals surface area contributed by atoms with Crippen molar-refractivity contribution in [3.8, 4) is 0 Å². The third-order valence-electron chi connectivity index (χ3n) is 3.23. The molecule has 0 amide bonds. The maximum atomic E-state index is 10.3. The molecule has 2 fully saturated rings. The highest BCUT2D eigenvalue weighted by Crippen LogP contribution is 2.61. The van der Waals surface area contributed by atoms with Gasteiger partial charge >= 0.3 is 0 Å². The number of carbonyl (C=O) groups is 1. The van der Waals surface area contributed by atoms with Gasteiger partial charge in [-0.05, 0) is 42.1 Å². The van der Waals surface area contributed by atoms with E-state index in [0.717, 1.165) is 18.6 Å². The molecular formula is C9H14OS. The van der Waals surface area contributed by atoms with Crippen molar-refractivity contribution in [1.82, 2.24) is 0 Å². The van der Waals surface area contributed by atoms with Crippen molar-refractivity contribution in [3.05, 3.63) is 0 Å². The van der Waals surface area contributed by atoms with E-state index in [1.165, 1.54) is 30.8 Å². The van der Waals surface area contributed by atoms with Crippen molar-refractivity contribution in [2.45, 2.75) is 25.7 Å². The standard InChI is InChI=1S/C9H14OS/c10-4-1-8-7-9(8)2-5-11-6-3-9/h4,8H,1-3,5-7H2. The van der Waals surface area contributed by atoms with Gasteiger partial charge in [0.1, 0.15) is 6.29 Å². The Morgan fingerprint density at radius 1 is 1.45 bits per heavy atom. The summed E-state index contributed by atoms with van der Waals surface area (Å²) in [6.07, 6.45) is 6.00. The molecule has 1 aliphatic heterocycles. The van der Waals surface area contributed by atoms with Crippen LogP contribution in [0.2, 0.25) is 0 Å². The second-order valence-electron chi connectivity index (χ2n) is 3.78. The van der Waals surface area contributed by atoms with Crippen LogP contribution in [0.3, 0.4) is 0 Å². The van der Waals surface area contributed by atoms with Gasteiger partial charge < -0.3 is 4.79 Å². The van der Waals surface area contributed by atoms with Crippen molar-refractivity contribution in [2.24, 2.45) is 11.3 Å². The van der Waals surface area contributed by atoms with Crippen molar-refractivity contribution in [3.63, 3.8) is 0 Å². The molecule has 0 radical (unpaired) electrons. The van der Waals surface area contributed by atoms with E-state index in [9.17, 15) is 4.79 Å². The second-order valence-corrected chi connectivity index (χ2v) is 5.00. The van der Waals surface area contributed by atoms with Gasteiger partial charge in [-0.3, -0.25) is 0 Å². The van der Waals surface area contributed by atoms with Crippen LogP contribution in [0.25, 0.3) is 0 Å². The Hall–Kier alpha value is 0.0200. The van der Waals surface area contributed by atoms with Crippen LogP contribution in [0.15, 0.2) is 0 Å². The predicted molar refractivity (Wildman–Crippen MR) is 47.8 cm³/mol. The zero-order valence-electron chi connectivity index (χ0n) is 6.71. The van der Waals surface area contributed by atoms with E-state index in [1.807, 2.05) is 0 Å². The van der Waals surface area contributed by atoms with Crippen LogP contribution in [-0.4, -0.2) is 17.8 Å². The summed E-state index contributed by atoms with van der Waals surface area (Å²) >= 11 is 2.07. The van der Waals surface area contributed by atoms with Crippen molar-refractivity contribution in [1.29, 1.82) is 0 Å². The smallest absolute Gasteiger partial charge is 0.120 e. The van der Waals surface area contributed by atoms with Crippen LogP contribution in [-0.2, 0) is 4.79 Å². The van der Waals surface area contributed by atoms with Crippen LogP contribution in [0.1, 0.15) is 25.7 Å². The van der Waals surface area contributed by atoms with Crippen molar-refractivity contribution in [2.75, 3.05) is 11.5 Å². The maximum Gasteiger partial charge on any atom is 0.120 e.